The molecule has 3 aromatic carbocycles. The van der Waals surface area contributed by atoms with E-state index in [9.17, 15) is 13.2 Å². The van der Waals surface area contributed by atoms with Crippen molar-refractivity contribution in [1.82, 2.24) is 4.31 Å². The van der Waals surface area contributed by atoms with Crippen molar-refractivity contribution in [2.45, 2.75) is 39.0 Å². The van der Waals surface area contributed by atoms with Crippen LogP contribution in [0.4, 0.5) is 5.69 Å². The van der Waals surface area contributed by atoms with Gasteiger partial charge in [-0.15, -0.1) is 0 Å². The number of aryl methyl sites for hydroxylation is 4. The predicted molar refractivity (Wildman–Crippen MR) is 129 cm³/mol. The monoisotopic (exact) mass is 450 g/mol. The molecule has 1 N–H and O–H groups in total. The highest BCUT2D eigenvalue weighted by molar-refractivity contribution is 7.89. The van der Waals surface area contributed by atoms with Gasteiger partial charge >= 0.3 is 0 Å². The summed E-state index contributed by atoms with van der Waals surface area (Å²) in [7, 11) is -3.87. The Morgan fingerprint density at radius 3 is 2.03 bits per heavy atom. The molecule has 0 aliphatic carbocycles. The van der Waals surface area contributed by atoms with Crippen molar-refractivity contribution in [1.29, 1.82) is 0 Å². The Labute approximate surface area is 191 Å². The SMILES string of the molecule is Cc1ccc(NC(=O)CN(CCc2ccccc2)S(=O)(=O)c2c(C)cc(C)cc2C)cc1. The third-order valence-electron chi connectivity index (χ3n) is 5.35. The molecule has 0 spiro atoms. The fourth-order valence-electron chi connectivity index (χ4n) is 3.88. The molecule has 0 fully saturated rings. The molecule has 0 aromatic heterocycles. The topological polar surface area (TPSA) is 66.5 Å². The summed E-state index contributed by atoms with van der Waals surface area (Å²) in [5, 5.41) is 2.81. The van der Waals surface area contributed by atoms with E-state index in [1.165, 1.54) is 4.31 Å². The molecule has 0 aliphatic heterocycles. The molecule has 3 rings (SSSR count). The molecular formula is C26H30N2O3S. The summed E-state index contributed by atoms with van der Waals surface area (Å²) in [6.45, 7) is 7.47. The van der Waals surface area contributed by atoms with Crippen molar-refractivity contribution in [3.05, 3.63) is 94.5 Å². The molecule has 0 heterocycles. The van der Waals surface area contributed by atoms with Gasteiger partial charge in [-0.3, -0.25) is 4.79 Å². The van der Waals surface area contributed by atoms with Crippen LogP contribution in [0.25, 0.3) is 0 Å². The van der Waals surface area contributed by atoms with Gasteiger partial charge in [-0.25, -0.2) is 8.42 Å². The molecule has 1 amide bonds. The van der Waals surface area contributed by atoms with Gasteiger partial charge in [-0.1, -0.05) is 65.7 Å². The van der Waals surface area contributed by atoms with Gasteiger partial charge in [0, 0.05) is 12.2 Å². The van der Waals surface area contributed by atoms with Crippen molar-refractivity contribution in [3.8, 4) is 0 Å². The summed E-state index contributed by atoms with van der Waals surface area (Å²) >= 11 is 0. The van der Waals surface area contributed by atoms with Crippen LogP contribution >= 0.6 is 0 Å². The average molecular weight is 451 g/mol. The standard InChI is InChI=1S/C26H30N2O3S/c1-19-10-12-24(13-11-19)27-25(29)18-28(15-14-23-8-6-5-7-9-23)32(30,31)26-21(3)16-20(2)17-22(26)4/h5-13,16-17H,14-15,18H2,1-4H3,(H,27,29). The molecule has 0 saturated heterocycles. The fourth-order valence-corrected chi connectivity index (χ4v) is 5.69. The number of anilines is 1. The van der Waals surface area contributed by atoms with E-state index in [1.54, 1.807) is 13.8 Å². The highest BCUT2D eigenvalue weighted by atomic mass is 32.2. The summed E-state index contributed by atoms with van der Waals surface area (Å²) in [5.41, 5.74) is 5.12. The van der Waals surface area contributed by atoms with Crippen LogP contribution in [0.1, 0.15) is 27.8 Å². The Hall–Kier alpha value is -2.96. The summed E-state index contributed by atoms with van der Waals surface area (Å²) in [6, 6.07) is 20.8. The van der Waals surface area contributed by atoms with Crippen molar-refractivity contribution >= 4 is 21.6 Å². The Balaban J connectivity index is 1.89. The lowest BCUT2D eigenvalue weighted by Gasteiger charge is -2.24. The first-order valence-corrected chi connectivity index (χ1v) is 12.1. The second kappa shape index (κ2) is 10.1. The van der Waals surface area contributed by atoms with E-state index >= 15 is 0 Å². The van der Waals surface area contributed by atoms with Crippen molar-refractivity contribution in [3.63, 3.8) is 0 Å². The molecule has 168 valence electrons. The molecule has 0 saturated carbocycles. The molecule has 0 atom stereocenters. The molecular weight excluding hydrogens is 420 g/mol. The van der Waals surface area contributed by atoms with Gasteiger partial charge in [-0.05, 0) is 62.9 Å². The zero-order valence-electron chi connectivity index (χ0n) is 19.1. The Kier molecular flexibility index (Phi) is 7.48. The summed E-state index contributed by atoms with van der Waals surface area (Å²) in [6.07, 6.45) is 0.516. The number of hydrogen-bond donors (Lipinski definition) is 1. The van der Waals surface area contributed by atoms with Gasteiger partial charge in [0.1, 0.15) is 0 Å². The van der Waals surface area contributed by atoms with Gasteiger partial charge in [0.05, 0.1) is 11.4 Å². The number of amides is 1. The maximum Gasteiger partial charge on any atom is 0.244 e. The molecule has 0 bridgehead atoms. The quantitative estimate of drug-likeness (QED) is 0.536. The minimum atomic E-state index is -3.87. The highest BCUT2D eigenvalue weighted by Gasteiger charge is 2.29. The minimum Gasteiger partial charge on any atom is -0.325 e. The van der Waals surface area contributed by atoms with E-state index in [0.29, 0.717) is 23.2 Å². The van der Waals surface area contributed by atoms with E-state index in [2.05, 4.69) is 5.32 Å². The van der Waals surface area contributed by atoms with Crippen molar-refractivity contribution in [2.24, 2.45) is 0 Å². The normalized spacial score (nSPS) is 11.5. The number of benzene rings is 3. The van der Waals surface area contributed by atoms with Gasteiger partial charge < -0.3 is 5.32 Å². The highest BCUT2D eigenvalue weighted by Crippen LogP contribution is 2.25. The predicted octanol–water partition coefficient (Wildman–Crippen LogP) is 4.79. The third kappa shape index (κ3) is 5.84. The summed E-state index contributed by atoms with van der Waals surface area (Å²) in [5.74, 6) is -0.368. The van der Waals surface area contributed by atoms with Crippen LogP contribution in [0.5, 0.6) is 0 Å². The number of hydrogen-bond acceptors (Lipinski definition) is 3. The number of nitrogens with one attached hydrogen (secondary N) is 1. The number of carbonyl (C=O) groups excluding carboxylic acids is 1. The van der Waals surface area contributed by atoms with E-state index < -0.39 is 10.0 Å². The molecule has 32 heavy (non-hydrogen) atoms. The van der Waals surface area contributed by atoms with E-state index in [0.717, 1.165) is 16.7 Å². The number of carbonyl (C=O) groups is 1. The van der Waals surface area contributed by atoms with Gasteiger partial charge in [0.25, 0.3) is 0 Å². The first kappa shape index (κ1) is 23.7. The van der Waals surface area contributed by atoms with Crippen LogP contribution in [0.15, 0.2) is 71.6 Å². The van der Waals surface area contributed by atoms with Crippen LogP contribution < -0.4 is 5.32 Å². The van der Waals surface area contributed by atoms with E-state index in [-0.39, 0.29) is 23.9 Å². The van der Waals surface area contributed by atoms with Crippen LogP contribution in [0.2, 0.25) is 0 Å². The van der Waals surface area contributed by atoms with E-state index in [4.69, 9.17) is 0 Å². The lowest BCUT2D eigenvalue weighted by atomic mass is 10.1. The van der Waals surface area contributed by atoms with Gasteiger partial charge in [-0.2, -0.15) is 4.31 Å². The number of nitrogens with zero attached hydrogens (tertiary/aromatic N) is 1. The molecule has 3 aromatic rings. The minimum absolute atomic E-state index is 0.209. The maximum absolute atomic E-state index is 13.7. The fraction of sp³-hybridized carbons (Fsp3) is 0.269. The lowest BCUT2D eigenvalue weighted by molar-refractivity contribution is -0.116. The van der Waals surface area contributed by atoms with Crippen LogP contribution in [0.3, 0.4) is 0 Å². The smallest absolute Gasteiger partial charge is 0.244 e. The average Bonchev–Trinajstić information content (AvgIpc) is 2.72. The Morgan fingerprint density at radius 2 is 1.44 bits per heavy atom. The largest absolute Gasteiger partial charge is 0.325 e. The second-order valence-electron chi connectivity index (χ2n) is 8.22. The first-order valence-electron chi connectivity index (χ1n) is 10.7. The van der Waals surface area contributed by atoms with E-state index in [1.807, 2.05) is 80.6 Å². The molecule has 0 unspecified atom stereocenters. The van der Waals surface area contributed by atoms with Crippen molar-refractivity contribution < 1.29 is 13.2 Å². The maximum atomic E-state index is 13.7. The first-order chi connectivity index (χ1) is 15.2. The zero-order valence-corrected chi connectivity index (χ0v) is 19.9. The number of sulfonamides is 1. The van der Waals surface area contributed by atoms with Crippen LogP contribution in [-0.4, -0.2) is 31.7 Å². The summed E-state index contributed by atoms with van der Waals surface area (Å²) < 4.78 is 28.7. The molecule has 6 heteroatoms. The third-order valence-corrected chi connectivity index (χ3v) is 7.50. The van der Waals surface area contributed by atoms with Crippen LogP contribution in [-0.2, 0) is 21.2 Å². The summed E-state index contributed by atoms with van der Waals surface area (Å²) in [4.78, 5) is 13.1. The lowest BCUT2D eigenvalue weighted by Crippen LogP contribution is -2.39. The number of rotatable bonds is 8. The molecule has 5 nitrogen and oxygen atoms in total. The van der Waals surface area contributed by atoms with Crippen molar-refractivity contribution in [2.75, 3.05) is 18.4 Å². The van der Waals surface area contributed by atoms with Gasteiger partial charge in [0.15, 0.2) is 0 Å². The zero-order chi connectivity index (χ0) is 23.3. The molecule has 0 radical (unpaired) electrons. The Morgan fingerprint density at radius 1 is 0.844 bits per heavy atom. The Bertz CT molecular complexity index is 1160. The van der Waals surface area contributed by atoms with Crippen LogP contribution in [0, 0.1) is 27.7 Å². The second-order valence-corrected chi connectivity index (χ2v) is 10.1. The molecule has 0 aliphatic rings. The van der Waals surface area contributed by atoms with Gasteiger partial charge in [0.2, 0.25) is 15.9 Å².